The van der Waals surface area contributed by atoms with Crippen LogP contribution in [0.25, 0.3) is 10.4 Å². The summed E-state index contributed by atoms with van der Waals surface area (Å²) < 4.78 is 12.7. The van der Waals surface area contributed by atoms with E-state index in [1.165, 1.54) is 18.2 Å². The number of halogens is 1. The Labute approximate surface area is 62.1 Å². The molecule has 0 aliphatic heterocycles. The van der Waals surface area contributed by atoms with E-state index in [9.17, 15) is 4.39 Å². The standard InChI is InChI=1S/C6H5FN4/c7-4-2-1-3-5(8)6(4)10-11-9/h1-3H,8H2. The van der Waals surface area contributed by atoms with Gasteiger partial charge in [-0.25, -0.2) is 4.39 Å². The van der Waals surface area contributed by atoms with Gasteiger partial charge in [0.25, 0.3) is 0 Å². The molecule has 0 aliphatic rings. The van der Waals surface area contributed by atoms with Gasteiger partial charge >= 0.3 is 0 Å². The summed E-state index contributed by atoms with van der Waals surface area (Å²) in [6.45, 7) is 0. The fraction of sp³-hybridized carbons (Fsp3) is 0. The summed E-state index contributed by atoms with van der Waals surface area (Å²) in [5.41, 5.74) is 13.3. The van der Waals surface area contributed by atoms with Gasteiger partial charge in [-0.3, -0.25) is 0 Å². The molecule has 0 aliphatic carbocycles. The van der Waals surface area contributed by atoms with Gasteiger partial charge in [-0.15, -0.1) is 0 Å². The molecular formula is C6H5FN4. The Morgan fingerprint density at radius 2 is 2.27 bits per heavy atom. The van der Waals surface area contributed by atoms with Crippen LogP contribution in [0.3, 0.4) is 0 Å². The molecule has 0 atom stereocenters. The van der Waals surface area contributed by atoms with E-state index in [1.807, 2.05) is 0 Å². The van der Waals surface area contributed by atoms with Crippen molar-refractivity contribution in [3.8, 4) is 0 Å². The summed E-state index contributed by atoms with van der Waals surface area (Å²) in [5, 5.41) is 3.09. The zero-order chi connectivity index (χ0) is 8.27. The lowest BCUT2D eigenvalue weighted by Gasteiger charge is -1.97. The molecule has 0 saturated carbocycles. The second-order valence-electron chi connectivity index (χ2n) is 1.87. The van der Waals surface area contributed by atoms with Gasteiger partial charge in [0.05, 0.1) is 5.69 Å². The summed E-state index contributed by atoms with van der Waals surface area (Å²) >= 11 is 0. The van der Waals surface area contributed by atoms with Gasteiger partial charge in [0.2, 0.25) is 0 Å². The third-order valence-corrected chi connectivity index (χ3v) is 1.16. The Kier molecular flexibility index (Phi) is 1.94. The highest BCUT2D eigenvalue weighted by molar-refractivity contribution is 5.62. The normalized spacial score (nSPS) is 8.82. The Bertz CT molecular complexity index is 296. The van der Waals surface area contributed by atoms with Crippen molar-refractivity contribution in [3.63, 3.8) is 0 Å². The molecule has 1 aromatic carbocycles. The molecule has 2 N–H and O–H groups in total. The van der Waals surface area contributed by atoms with Crippen molar-refractivity contribution in [1.82, 2.24) is 0 Å². The van der Waals surface area contributed by atoms with E-state index >= 15 is 0 Å². The number of hydrogen-bond acceptors (Lipinski definition) is 2. The molecule has 1 aromatic rings. The van der Waals surface area contributed by atoms with Crippen LogP contribution in [0.5, 0.6) is 0 Å². The summed E-state index contributed by atoms with van der Waals surface area (Å²) in [6.07, 6.45) is 0. The van der Waals surface area contributed by atoms with Gasteiger partial charge in [0.1, 0.15) is 5.82 Å². The van der Waals surface area contributed by atoms with Gasteiger partial charge in [-0.1, -0.05) is 11.2 Å². The first kappa shape index (κ1) is 7.37. The topological polar surface area (TPSA) is 74.8 Å². The molecule has 0 heterocycles. The van der Waals surface area contributed by atoms with E-state index in [0.717, 1.165) is 0 Å². The maximum absolute atomic E-state index is 12.7. The number of nitrogens with zero attached hydrogens (tertiary/aromatic N) is 3. The molecular weight excluding hydrogens is 147 g/mol. The maximum Gasteiger partial charge on any atom is 0.134 e. The lowest BCUT2D eigenvalue weighted by Crippen LogP contribution is -1.86. The molecule has 0 spiro atoms. The van der Waals surface area contributed by atoms with Crippen LogP contribution in [0, 0.1) is 5.82 Å². The Morgan fingerprint density at radius 1 is 1.55 bits per heavy atom. The quantitative estimate of drug-likeness (QED) is 0.285. The first-order chi connectivity index (χ1) is 5.25. The van der Waals surface area contributed by atoms with Crippen molar-refractivity contribution in [2.24, 2.45) is 5.11 Å². The minimum absolute atomic E-state index is 0.141. The maximum atomic E-state index is 12.7. The molecule has 1 rings (SSSR count). The number of anilines is 1. The minimum atomic E-state index is -0.609. The molecule has 0 radical (unpaired) electrons. The van der Waals surface area contributed by atoms with Gasteiger partial charge in [0, 0.05) is 10.6 Å². The monoisotopic (exact) mass is 152 g/mol. The average molecular weight is 152 g/mol. The Balaban J connectivity index is 3.31. The summed E-state index contributed by atoms with van der Waals surface area (Å²) in [5.74, 6) is -0.609. The molecule has 0 unspecified atom stereocenters. The smallest absolute Gasteiger partial charge is 0.134 e. The number of hydrogen-bond donors (Lipinski definition) is 1. The fourth-order valence-corrected chi connectivity index (χ4v) is 0.682. The van der Waals surface area contributed by atoms with E-state index in [-0.39, 0.29) is 11.4 Å². The highest BCUT2D eigenvalue weighted by atomic mass is 19.1. The van der Waals surface area contributed by atoms with Crippen molar-refractivity contribution in [2.75, 3.05) is 5.73 Å². The molecule has 5 heteroatoms. The van der Waals surface area contributed by atoms with Crippen LogP contribution in [0.2, 0.25) is 0 Å². The van der Waals surface area contributed by atoms with Crippen LogP contribution in [0.1, 0.15) is 0 Å². The van der Waals surface area contributed by atoms with Crippen LogP contribution < -0.4 is 5.73 Å². The third-order valence-electron chi connectivity index (χ3n) is 1.16. The summed E-state index contributed by atoms with van der Waals surface area (Å²) in [7, 11) is 0. The second-order valence-corrected chi connectivity index (χ2v) is 1.87. The van der Waals surface area contributed by atoms with Gasteiger partial charge in [0.15, 0.2) is 0 Å². The number of nitrogens with two attached hydrogens (primary N) is 1. The third kappa shape index (κ3) is 1.39. The molecule has 0 saturated heterocycles. The number of rotatable bonds is 1. The highest BCUT2D eigenvalue weighted by Crippen LogP contribution is 2.24. The SMILES string of the molecule is [N-]=[N+]=Nc1c(N)cccc1F. The molecule has 0 bridgehead atoms. The lowest BCUT2D eigenvalue weighted by molar-refractivity contribution is 0.630. The van der Waals surface area contributed by atoms with E-state index in [1.54, 1.807) is 0 Å². The van der Waals surface area contributed by atoms with Crippen molar-refractivity contribution in [2.45, 2.75) is 0 Å². The molecule has 4 nitrogen and oxygen atoms in total. The highest BCUT2D eigenvalue weighted by Gasteiger charge is 2.01. The first-order valence-electron chi connectivity index (χ1n) is 2.85. The van der Waals surface area contributed by atoms with Crippen LogP contribution in [0.4, 0.5) is 15.8 Å². The van der Waals surface area contributed by atoms with E-state index < -0.39 is 5.82 Å². The van der Waals surface area contributed by atoms with Crippen molar-refractivity contribution < 1.29 is 4.39 Å². The van der Waals surface area contributed by atoms with Gasteiger partial charge in [-0.05, 0) is 17.7 Å². The van der Waals surface area contributed by atoms with Gasteiger partial charge in [-0.2, -0.15) is 0 Å². The minimum Gasteiger partial charge on any atom is -0.398 e. The Morgan fingerprint density at radius 3 is 2.82 bits per heavy atom. The average Bonchev–Trinajstić information content (AvgIpc) is 1.97. The van der Waals surface area contributed by atoms with Gasteiger partial charge < -0.3 is 5.73 Å². The number of azide groups is 1. The van der Waals surface area contributed by atoms with E-state index in [4.69, 9.17) is 11.3 Å². The summed E-state index contributed by atoms with van der Waals surface area (Å²) in [4.78, 5) is 2.43. The largest absolute Gasteiger partial charge is 0.398 e. The van der Waals surface area contributed by atoms with Crippen LogP contribution in [-0.2, 0) is 0 Å². The number of nitrogen functional groups attached to an aromatic ring is 1. The molecule has 0 fully saturated rings. The number of benzene rings is 1. The molecule has 0 aromatic heterocycles. The summed E-state index contributed by atoms with van der Waals surface area (Å²) in [6, 6.07) is 4.09. The van der Waals surface area contributed by atoms with Crippen LogP contribution >= 0.6 is 0 Å². The van der Waals surface area contributed by atoms with Crippen molar-refractivity contribution in [3.05, 3.63) is 34.5 Å². The predicted octanol–water partition coefficient (Wildman–Crippen LogP) is 2.35. The van der Waals surface area contributed by atoms with E-state index in [0.29, 0.717) is 0 Å². The Hall–Kier alpha value is -1.74. The van der Waals surface area contributed by atoms with Crippen LogP contribution in [-0.4, -0.2) is 0 Å². The molecule has 56 valence electrons. The lowest BCUT2D eigenvalue weighted by atomic mass is 10.3. The molecule has 0 amide bonds. The predicted molar refractivity (Wildman–Crippen MR) is 39.6 cm³/mol. The molecule has 11 heavy (non-hydrogen) atoms. The zero-order valence-electron chi connectivity index (χ0n) is 5.53. The fourth-order valence-electron chi connectivity index (χ4n) is 0.682. The first-order valence-corrected chi connectivity index (χ1v) is 2.85. The zero-order valence-corrected chi connectivity index (χ0v) is 5.53. The second kappa shape index (κ2) is 2.90. The van der Waals surface area contributed by atoms with Crippen LogP contribution in [0.15, 0.2) is 23.3 Å². The van der Waals surface area contributed by atoms with Crippen molar-refractivity contribution in [1.29, 1.82) is 0 Å². The van der Waals surface area contributed by atoms with E-state index in [2.05, 4.69) is 10.0 Å². The van der Waals surface area contributed by atoms with Crippen molar-refractivity contribution >= 4 is 11.4 Å².